The van der Waals surface area contributed by atoms with Gasteiger partial charge in [0, 0.05) is 6.04 Å². The van der Waals surface area contributed by atoms with Crippen LogP contribution in [-0.2, 0) is 4.74 Å². The Balaban J connectivity index is 4.42. The van der Waals surface area contributed by atoms with Gasteiger partial charge in [-0.1, -0.05) is 20.8 Å². The van der Waals surface area contributed by atoms with Crippen LogP contribution in [0.15, 0.2) is 0 Å². The number of ether oxygens (including phenoxy) is 1. The molecule has 86 valence electrons. The summed E-state index contributed by atoms with van der Waals surface area (Å²) < 4.78 is 5.70. The number of aliphatic hydroxyl groups excluding tert-OH is 1. The third kappa shape index (κ3) is 4.94. The molecule has 3 heteroatoms. The van der Waals surface area contributed by atoms with E-state index in [0.717, 1.165) is 0 Å². The monoisotopic (exact) mass is 203 g/mol. The first kappa shape index (κ1) is 13.9. The van der Waals surface area contributed by atoms with Gasteiger partial charge in [0.1, 0.15) is 0 Å². The third-order valence-corrected chi connectivity index (χ3v) is 2.09. The molecule has 3 nitrogen and oxygen atoms in total. The van der Waals surface area contributed by atoms with Gasteiger partial charge in [-0.15, -0.1) is 0 Å². The van der Waals surface area contributed by atoms with Gasteiger partial charge in [-0.05, 0) is 26.2 Å². The van der Waals surface area contributed by atoms with E-state index in [9.17, 15) is 5.11 Å². The van der Waals surface area contributed by atoms with Crippen molar-refractivity contribution in [3.63, 3.8) is 0 Å². The standard InChI is InChI=1S/C11H25NO2/c1-10(2,3)9(12)8(7-13)14-11(4,5)6/h8-9,13H,7,12H2,1-6H3. The molecule has 0 aliphatic heterocycles. The molecule has 0 spiro atoms. The lowest BCUT2D eigenvalue weighted by Crippen LogP contribution is -2.50. The first-order valence-corrected chi connectivity index (χ1v) is 5.12. The van der Waals surface area contributed by atoms with Crippen molar-refractivity contribution in [3.05, 3.63) is 0 Å². The van der Waals surface area contributed by atoms with E-state index in [1.54, 1.807) is 0 Å². The van der Waals surface area contributed by atoms with Crippen LogP contribution < -0.4 is 5.73 Å². The fraction of sp³-hybridized carbons (Fsp3) is 1.00. The molecular formula is C11H25NO2. The topological polar surface area (TPSA) is 55.5 Å². The zero-order chi connectivity index (χ0) is 11.6. The number of rotatable bonds is 3. The molecule has 0 saturated heterocycles. The first-order chi connectivity index (χ1) is 6.08. The van der Waals surface area contributed by atoms with Gasteiger partial charge in [-0.3, -0.25) is 0 Å². The molecule has 0 aromatic carbocycles. The van der Waals surface area contributed by atoms with E-state index in [-0.39, 0.29) is 29.8 Å². The van der Waals surface area contributed by atoms with E-state index in [2.05, 4.69) is 0 Å². The highest BCUT2D eigenvalue weighted by atomic mass is 16.5. The Morgan fingerprint density at radius 1 is 1.14 bits per heavy atom. The summed E-state index contributed by atoms with van der Waals surface area (Å²) >= 11 is 0. The van der Waals surface area contributed by atoms with Crippen molar-refractivity contribution < 1.29 is 9.84 Å². The summed E-state index contributed by atoms with van der Waals surface area (Å²) in [6.07, 6.45) is -0.296. The highest BCUT2D eigenvalue weighted by molar-refractivity contribution is 4.85. The maximum Gasteiger partial charge on any atom is 0.0968 e. The lowest BCUT2D eigenvalue weighted by molar-refractivity contribution is -0.103. The lowest BCUT2D eigenvalue weighted by atomic mass is 9.84. The molecule has 0 rings (SSSR count). The summed E-state index contributed by atoms with van der Waals surface area (Å²) in [6, 6.07) is -0.160. The molecule has 0 amide bonds. The maximum absolute atomic E-state index is 9.22. The van der Waals surface area contributed by atoms with Crippen LogP contribution in [0.4, 0.5) is 0 Å². The van der Waals surface area contributed by atoms with Crippen LogP contribution in [0.25, 0.3) is 0 Å². The van der Waals surface area contributed by atoms with Crippen LogP contribution in [0.2, 0.25) is 0 Å². The van der Waals surface area contributed by atoms with Crippen LogP contribution in [0.1, 0.15) is 41.5 Å². The molecule has 0 aliphatic rings. The SMILES string of the molecule is CC(C)(C)OC(CO)C(N)C(C)(C)C. The van der Waals surface area contributed by atoms with Crippen molar-refractivity contribution in [1.29, 1.82) is 0 Å². The molecule has 2 atom stereocenters. The number of aliphatic hydroxyl groups is 1. The fourth-order valence-electron chi connectivity index (χ4n) is 1.24. The highest BCUT2D eigenvalue weighted by Gasteiger charge is 2.31. The summed E-state index contributed by atoms with van der Waals surface area (Å²) in [5.74, 6) is 0. The minimum Gasteiger partial charge on any atom is -0.394 e. The zero-order valence-corrected chi connectivity index (χ0v) is 10.3. The Kier molecular flexibility index (Phi) is 4.56. The van der Waals surface area contributed by atoms with Gasteiger partial charge in [0.15, 0.2) is 0 Å². The summed E-state index contributed by atoms with van der Waals surface area (Å²) in [5, 5.41) is 9.22. The molecule has 0 heterocycles. The normalized spacial score (nSPS) is 18.0. The van der Waals surface area contributed by atoms with Gasteiger partial charge in [-0.2, -0.15) is 0 Å². The lowest BCUT2D eigenvalue weighted by Gasteiger charge is -2.36. The van der Waals surface area contributed by atoms with Crippen molar-refractivity contribution in [3.8, 4) is 0 Å². The Bertz CT molecular complexity index is 167. The molecule has 0 bridgehead atoms. The fourth-order valence-corrected chi connectivity index (χ4v) is 1.24. The summed E-state index contributed by atoms with van der Waals surface area (Å²) in [7, 11) is 0. The number of nitrogens with two attached hydrogens (primary N) is 1. The van der Waals surface area contributed by atoms with Crippen LogP contribution >= 0.6 is 0 Å². The summed E-state index contributed by atoms with van der Waals surface area (Å²) in [4.78, 5) is 0. The van der Waals surface area contributed by atoms with Crippen molar-refractivity contribution in [2.45, 2.75) is 59.3 Å². The van der Waals surface area contributed by atoms with Crippen molar-refractivity contribution in [1.82, 2.24) is 0 Å². The summed E-state index contributed by atoms with van der Waals surface area (Å²) in [5.41, 5.74) is 5.70. The third-order valence-electron chi connectivity index (χ3n) is 2.09. The van der Waals surface area contributed by atoms with Gasteiger partial charge >= 0.3 is 0 Å². The zero-order valence-electron chi connectivity index (χ0n) is 10.3. The van der Waals surface area contributed by atoms with E-state index in [4.69, 9.17) is 10.5 Å². The van der Waals surface area contributed by atoms with E-state index in [0.29, 0.717) is 0 Å². The average Bonchev–Trinajstić information content (AvgIpc) is 1.95. The van der Waals surface area contributed by atoms with E-state index >= 15 is 0 Å². The second-order valence-corrected chi connectivity index (χ2v) is 5.84. The van der Waals surface area contributed by atoms with Crippen LogP contribution in [0.3, 0.4) is 0 Å². The molecule has 0 saturated carbocycles. The van der Waals surface area contributed by atoms with Gasteiger partial charge in [0.25, 0.3) is 0 Å². The number of hydrogen-bond acceptors (Lipinski definition) is 3. The molecular weight excluding hydrogens is 178 g/mol. The predicted octanol–water partition coefficient (Wildman–Crippen LogP) is 1.54. The van der Waals surface area contributed by atoms with Crippen LogP contribution in [0.5, 0.6) is 0 Å². The first-order valence-electron chi connectivity index (χ1n) is 5.12. The molecule has 0 aliphatic carbocycles. The Hall–Kier alpha value is -0.120. The van der Waals surface area contributed by atoms with E-state index in [1.807, 2.05) is 41.5 Å². The van der Waals surface area contributed by atoms with Crippen molar-refractivity contribution >= 4 is 0 Å². The minimum atomic E-state index is -0.296. The molecule has 0 radical (unpaired) electrons. The van der Waals surface area contributed by atoms with E-state index in [1.165, 1.54) is 0 Å². The highest BCUT2D eigenvalue weighted by Crippen LogP contribution is 2.24. The van der Waals surface area contributed by atoms with Crippen LogP contribution in [0, 0.1) is 5.41 Å². The summed E-state index contributed by atoms with van der Waals surface area (Å²) in [6.45, 7) is 12.0. The predicted molar refractivity (Wildman–Crippen MR) is 59.1 cm³/mol. The molecule has 2 unspecified atom stereocenters. The van der Waals surface area contributed by atoms with E-state index < -0.39 is 0 Å². The van der Waals surface area contributed by atoms with Gasteiger partial charge < -0.3 is 15.6 Å². The van der Waals surface area contributed by atoms with Crippen LogP contribution in [-0.4, -0.2) is 29.5 Å². The minimum absolute atomic E-state index is 0.0320. The Labute approximate surface area is 87.6 Å². The van der Waals surface area contributed by atoms with Gasteiger partial charge in [0.05, 0.1) is 18.3 Å². The Morgan fingerprint density at radius 2 is 1.57 bits per heavy atom. The smallest absolute Gasteiger partial charge is 0.0968 e. The Morgan fingerprint density at radius 3 is 1.79 bits per heavy atom. The largest absolute Gasteiger partial charge is 0.394 e. The molecule has 0 fully saturated rings. The van der Waals surface area contributed by atoms with Gasteiger partial charge in [0.2, 0.25) is 0 Å². The van der Waals surface area contributed by atoms with Crippen molar-refractivity contribution in [2.24, 2.45) is 11.1 Å². The average molecular weight is 203 g/mol. The number of hydrogen-bond donors (Lipinski definition) is 2. The maximum atomic E-state index is 9.22. The molecule has 0 aromatic heterocycles. The van der Waals surface area contributed by atoms with Gasteiger partial charge in [-0.25, -0.2) is 0 Å². The second-order valence-electron chi connectivity index (χ2n) is 5.84. The molecule has 0 aromatic rings. The molecule has 14 heavy (non-hydrogen) atoms. The molecule has 3 N–H and O–H groups in total. The second kappa shape index (κ2) is 4.60. The van der Waals surface area contributed by atoms with Crippen molar-refractivity contribution in [2.75, 3.05) is 6.61 Å². The quantitative estimate of drug-likeness (QED) is 0.731.